The normalized spacial score (nSPS) is 12.6. The van der Waals surface area contributed by atoms with Crippen molar-refractivity contribution in [1.29, 1.82) is 0 Å². The van der Waals surface area contributed by atoms with Gasteiger partial charge < -0.3 is 20.9 Å². The summed E-state index contributed by atoms with van der Waals surface area (Å²) in [6.45, 7) is 1.93. The highest BCUT2D eigenvalue weighted by atomic mass is 79.9. The van der Waals surface area contributed by atoms with Crippen LogP contribution in [0.25, 0.3) is 0 Å². The van der Waals surface area contributed by atoms with Crippen LogP contribution in [-0.4, -0.2) is 23.4 Å². The molecule has 0 spiro atoms. The molecule has 0 aliphatic rings. The van der Waals surface area contributed by atoms with Crippen molar-refractivity contribution in [2.45, 2.75) is 30.8 Å². The summed E-state index contributed by atoms with van der Waals surface area (Å²) in [5.41, 5.74) is 8.02. The molecule has 0 heterocycles. The number of amides is 2. The molecule has 0 aromatic heterocycles. The number of thioether (sulfide) groups is 1. The summed E-state index contributed by atoms with van der Waals surface area (Å²) in [4.78, 5) is 26.1. The highest BCUT2D eigenvalue weighted by molar-refractivity contribution is 9.10. The quantitative estimate of drug-likeness (QED) is 0.113. The van der Waals surface area contributed by atoms with Crippen LogP contribution >= 0.6 is 27.7 Å². The van der Waals surface area contributed by atoms with E-state index in [9.17, 15) is 14.7 Å². The molecular formula is C28H30BrN3O4S. The van der Waals surface area contributed by atoms with Crippen molar-refractivity contribution >= 4 is 56.8 Å². The fourth-order valence-electron chi connectivity index (χ4n) is 3.66. The molecule has 0 aliphatic heterocycles. The van der Waals surface area contributed by atoms with E-state index in [1.165, 1.54) is 6.08 Å². The third-order valence-electron chi connectivity index (χ3n) is 5.66. The van der Waals surface area contributed by atoms with Gasteiger partial charge in [0.25, 0.3) is 0 Å². The van der Waals surface area contributed by atoms with Crippen LogP contribution in [0.15, 0.2) is 88.3 Å². The van der Waals surface area contributed by atoms with Gasteiger partial charge in [-0.3, -0.25) is 10.1 Å². The van der Waals surface area contributed by atoms with E-state index in [0.29, 0.717) is 35.5 Å². The molecule has 3 rings (SSSR count). The molecule has 37 heavy (non-hydrogen) atoms. The van der Waals surface area contributed by atoms with E-state index in [4.69, 9.17) is 10.5 Å². The summed E-state index contributed by atoms with van der Waals surface area (Å²) in [7, 11) is 0. The minimum Gasteiger partial charge on any atom is -0.508 e. The Morgan fingerprint density at radius 2 is 1.84 bits per heavy atom. The summed E-state index contributed by atoms with van der Waals surface area (Å²) in [5.74, 6) is -0.412. The Bertz CT molecular complexity index is 1250. The number of nitrogens with one attached hydrogen (secondary N) is 2. The number of para-hydroxylation sites is 2. The Hall–Kier alpha value is -3.43. The zero-order valence-corrected chi connectivity index (χ0v) is 23.0. The van der Waals surface area contributed by atoms with E-state index in [0.717, 1.165) is 9.37 Å². The van der Waals surface area contributed by atoms with E-state index >= 15 is 0 Å². The number of allylic oxidation sites excluding steroid dienone is 1. The molecule has 5 N–H and O–H groups in total. The maximum absolute atomic E-state index is 12.8. The number of hydrogen-bond donors (Lipinski definition) is 4. The highest BCUT2D eigenvalue weighted by Crippen LogP contribution is 2.36. The monoisotopic (exact) mass is 583 g/mol. The van der Waals surface area contributed by atoms with Crippen molar-refractivity contribution in [3.8, 4) is 5.75 Å². The number of phenolic OH excluding ortho intramolecular Hbond substituents is 1. The van der Waals surface area contributed by atoms with Crippen molar-refractivity contribution in [2.24, 2.45) is 5.92 Å². The van der Waals surface area contributed by atoms with Crippen LogP contribution in [0.2, 0.25) is 0 Å². The van der Waals surface area contributed by atoms with Crippen molar-refractivity contribution < 1.29 is 19.4 Å². The second-order valence-corrected chi connectivity index (χ2v) is 10.2. The fourth-order valence-corrected chi connectivity index (χ4v) is 4.45. The number of ether oxygens (including phenoxy) is 1. The van der Waals surface area contributed by atoms with Gasteiger partial charge in [-0.1, -0.05) is 41.1 Å². The average molecular weight is 585 g/mol. The second-order valence-electron chi connectivity index (χ2n) is 8.42. The molecular weight excluding hydrogens is 554 g/mol. The van der Waals surface area contributed by atoms with Gasteiger partial charge in [-0.05, 0) is 85.7 Å². The van der Waals surface area contributed by atoms with Gasteiger partial charge in [-0.2, -0.15) is 0 Å². The lowest BCUT2D eigenvalue weighted by atomic mass is 9.92. The van der Waals surface area contributed by atoms with Gasteiger partial charge in [0.1, 0.15) is 11.9 Å². The van der Waals surface area contributed by atoms with Crippen molar-refractivity contribution in [3.63, 3.8) is 0 Å². The SMILES string of the molecule is CSc1ccc(NC(=O)O[C@H](c2cc(Br)ccc2O)[C@@H](C)CC/C=C/C(=O)Nc2ccccc2N)cc1. The summed E-state index contributed by atoms with van der Waals surface area (Å²) < 4.78 is 6.57. The van der Waals surface area contributed by atoms with Gasteiger partial charge in [0.2, 0.25) is 5.91 Å². The lowest BCUT2D eigenvalue weighted by Crippen LogP contribution is -2.22. The zero-order chi connectivity index (χ0) is 26.8. The van der Waals surface area contributed by atoms with E-state index in [1.54, 1.807) is 72.4 Å². The Labute approximate surface area is 229 Å². The number of benzene rings is 3. The maximum atomic E-state index is 12.8. The van der Waals surface area contributed by atoms with Crippen LogP contribution in [-0.2, 0) is 9.53 Å². The van der Waals surface area contributed by atoms with Gasteiger partial charge in [0, 0.05) is 20.6 Å². The zero-order valence-electron chi connectivity index (χ0n) is 20.6. The van der Waals surface area contributed by atoms with Crippen LogP contribution in [0.5, 0.6) is 5.75 Å². The van der Waals surface area contributed by atoms with Gasteiger partial charge >= 0.3 is 6.09 Å². The smallest absolute Gasteiger partial charge is 0.412 e. The lowest BCUT2D eigenvalue weighted by molar-refractivity contribution is -0.111. The third-order valence-corrected chi connectivity index (χ3v) is 6.90. The molecule has 0 bridgehead atoms. The number of anilines is 3. The molecule has 0 saturated carbocycles. The second kappa shape index (κ2) is 13.8. The number of aromatic hydroxyl groups is 1. The highest BCUT2D eigenvalue weighted by Gasteiger charge is 2.26. The standard InChI is InChI=1S/C28H30BrN3O4S/c1-18(7-3-6-10-26(34)32-24-9-5-4-8-23(24)30)27(22-17-19(29)11-16-25(22)33)36-28(35)31-20-12-14-21(37-2)15-13-20/h4-6,8-18,27,33H,3,7,30H2,1-2H3,(H,31,35)(H,32,34)/b10-6+/t18-,27-/m0/s1. The van der Waals surface area contributed by atoms with E-state index < -0.39 is 12.2 Å². The number of halogens is 1. The number of carbonyl (C=O) groups is 2. The Morgan fingerprint density at radius 3 is 2.54 bits per heavy atom. The number of nitrogen functional groups attached to an aromatic ring is 1. The predicted octanol–water partition coefficient (Wildman–Crippen LogP) is 7.36. The van der Waals surface area contributed by atoms with Crippen LogP contribution in [0.4, 0.5) is 21.9 Å². The molecule has 7 nitrogen and oxygen atoms in total. The number of carbonyl (C=O) groups excluding carboxylic acids is 2. The molecule has 0 fully saturated rings. The summed E-state index contributed by atoms with van der Waals surface area (Å²) >= 11 is 5.04. The molecule has 2 amide bonds. The Morgan fingerprint density at radius 1 is 1.11 bits per heavy atom. The van der Waals surface area contributed by atoms with Crippen LogP contribution in [0.1, 0.15) is 31.4 Å². The van der Waals surface area contributed by atoms with Crippen molar-refractivity contribution in [3.05, 3.63) is 88.9 Å². The van der Waals surface area contributed by atoms with E-state index in [1.807, 2.05) is 25.3 Å². The average Bonchev–Trinajstić information content (AvgIpc) is 2.88. The molecule has 194 valence electrons. The molecule has 0 radical (unpaired) electrons. The third kappa shape index (κ3) is 8.58. The van der Waals surface area contributed by atoms with Crippen LogP contribution < -0.4 is 16.4 Å². The van der Waals surface area contributed by atoms with Crippen LogP contribution in [0, 0.1) is 5.92 Å². The largest absolute Gasteiger partial charge is 0.508 e. The topological polar surface area (TPSA) is 114 Å². The molecule has 3 aromatic rings. The number of hydrogen-bond acceptors (Lipinski definition) is 6. The Kier molecular flexibility index (Phi) is 10.5. The molecule has 0 unspecified atom stereocenters. The summed E-state index contributed by atoms with van der Waals surface area (Å²) in [6, 6.07) is 19.5. The fraction of sp³-hybridized carbons (Fsp3) is 0.214. The van der Waals surface area contributed by atoms with Gasteiger partial charge in [0.15, 0.2) is 0 Å². The van der Waals surface area contributed by atoms with E-state index in [-0.39, 0.29) is 17.6 Å². The maximum Gasteiger partial charge on any atom is 0.412 e. The first-order valence-corrected chi connectivity index (χ1v) is 13.7. The predicted molar refractivity (Wildman–Crippen MR) is 154 cm³/mol. The first-order valence-electron chi connectivity index (χ1n) is 11.7. The minimum atomic E-state index is -0.714. The van der Waals surface area contributed by atoms with Gasteiger partial charge in [-0.25, -0.2) is 4.79 Å². The van der Waals surface area contributed by atoms with Gasteiger partial charge in [0.05, 0.1) is 11.4 Å². The molecule has 0 saturated heterocycles. The minimum absolute atomic E-state index is 0.0348. The van der Waals surface area contributed by atoms with Gasteiger partial charge in [-0.15, -0.1) is 11.8 Å². The summed E-state index contributed by atoms with van der Waals surface area (Å²) in [6.07, 6.45) is 5.02. The molecule has 0 aliphatic carbocycles. The summed E-state index contributed by atoms with van der Waals surface area (Å²) in [5, 5.41) is 16.0. The number of nitrogens with two attached hydrogens (primary N) is 1. The number of rotatable bonds is 10. The van der Waals surface area contributed by atoms with E-state index in [2.05, 4.69) is 26.6 Å². The molecule has 2 atom stereocenters. The van der Waals surface area contributed by atoms with Crippen molar-refractivity contribution in [2.75, 3.05) is 22.6 Å². The molecule has 9 heteroatoms. The first-order chi connectivity index (χ1) is 17.8. The van der Waals surface area contributed by atoms with Crippen LogP contribution in [0.3, 0.4) is 0 Å². The lowest BCUT2D eigenvalue weighted by Gasteiger charge is -2.25. The Balaban J connectivity index is 1.65. The first kappa shape index (κ1) is 28.1. The molecule has 3 aromatic carbocycles. The number of phenols is 1. The van der Waals surface area contributed by atoms with Crippen molar-refractivity contribution in [1.82, 2.24) is 0 Å².